The van der Waals surface area contributed by atoms with Gasteiger partial charge in [-0.3, -0.25) is 4.98 Å². The van der Waals surface area contributed by atoms with Crippen molar-refractivity contribution >= 4 is 29.0 Å². The van der Waals surface area contributed by atoms with Crippen LogP contribution >= 0.6 is 12.2 Å². The first kappa shape index (κ1) is 24.3. The number of hydrogen-bond acceptors (Lipinski definition) is 7. The molecule has 1 aliphatic rings. The van der Waals surface area contributed by atoms with Crippen LogP contribution in [0.1, 0.15) is 33.9 Å². The van der Waals surface area contributed by atoms with E-state index in [1.165, 1.54) is 7.11 Å². The maximum atomic E-state index is 12.0. The number of furan rings is 1. The van der Waals surface area contributed by atoms with Crippen LogP contribution in [0.15, 0.2) is 83.4 Å². The van der Waals surface area contributed by atoms with Gasteiger partial charge in [0.15, 0.2) is 5.11 Å². The van der Waals surface area contributed by atoms with Crippen molar-refractivity contribution in [3.63, 3.8) is 0 Å². The van der Waals surface area contributed by atoms with Crippen molar-refractivity contribution in [2.75, 3.05) is 26.2 Å². The molecule has 188 valence electrons. The van der Waals surface area contributed by atoms with Crippen molar-refractivity contribution in [1.82, 2.24) is 10.3 Å². The van der Waals surface area contributed by atoms with Gasteiger partial charge in [-0.05, 0) is 60.7 Å². The molecule has 8 nitrogen and oxygen atoms in total. The normalized spacial score (nSPS) is 16.8. The second kappa shape index (κ2) is 10.3. The third kappa shape index (κ3) is 4.61. The molecule has 5 rings (SSSR count). The summed E-state index contributed by atoms with van der Waals surface area (Å²) < 4.78 is 22.4. The quantitative estimate of drug-likeness (QED) is 0.259. The predicted molar refractivity (Wildman–Crippen MR) is 143 cm³/mol. The van der Waals surface area contributed by atoms with Crippen LogP contribution in [0.3, 0.4) is 0 Å². The van der Waals surface area contributed by atoms with Crippen LogP contribution < -0.4 is 19.7 Å². The molecule has 1 N–H and O–H groups in total. The largest absolute Gasteiger partial charge is 0.497 e. The van der Waals surface area contributed by atoms with Crippen molar-refractivity contribution in [1.29, 1.82) is 0 Å². The van der Waals surface area contributed by atoms with E-state index in [0.29, 0.717) is 33.7 Å². The monoisotopic (exact) mass is 515 g/mol. The fourth-order valence-corrected chi connectivity index (χ4v) is 4.81. The van der Waals surface area contributed by atoms with Gasteiger partial charge in [-0.1, -0.05) is 18.2 Å². The number of pyridine rings is 1. The number of carbonyl (C=O) groups excluding carboxylic acids is 1. The lowest BCUT2D eigenvalue weighted by atomic mass is 10.0. The number of methoxy groups -OCH3 is 3. The molecule has 4 aromatic rings. The molecule has 2 aromatic carbocycles. The van der Waals surface area contributed by atoms with Gasteiger partial charge in [-0.15, -0.1) is 0 Å². The van der Waals surface area contributed by atoms with Gasteiger partial charge in [0, 0.05) is 17.8 Å². The molecule has 1 fully saturated rings. The number of thiocarbonyl (C=S) groups is 1. The molecule has 1 aliphatic heterocycles. The van der Waals surface area contributed by atoms with Crippen molar-refractivity contribution in [3.8, 4) is 22.8 Å². The number of ether oxygens (including phenoxy) is 3. The van der Waals surface area contributed by atoms with E-state index in [-0.39, 0.29) is 12.1 Å². The number of hydrogen-bond donors (Lipinski definition) is 1. The Hall–Kier alpha value is -4.37. The van der Waals surface area contributed by atoms with Crippen LogP contribution in [0.4, 0.5) is 5.69 Å². The molecule has 0 unspecified atom stereocenters. The molecule has 0 aliphatic carbocycles. The molecule has 2 atom stereocenters. The second-order valence-corrected chi connectivity index (χ2v) is 8.70. The van der Waals surface area contributed by atoms with E-state index in [9.17, 15) is 4.79 Å². The lowest BCUT2D eigenvalue weighted by molar-refractivity contribution is 0.0601. The third-order valence-electron chi connectivity index (χ3n) is 6.23. The summed E-state index contributed by atoms with van der Waals surface area (Å²) >= 11 is 5.82. The standard InChI is InChI=1S/C28H25N3O5S/c1-33-19-10-11-23(34-2)21(16-19)31-26(25(30-28(31)37)20-9-4-5-14-29-20)24-13-12-22(36-24)17-7-6-8-18(15-17)27(32)35-3/h4-16,25-26H,1-3H3,(H,30,37)/t25-,26+/m0/s1. The summed E-state index contributed by atoms with van der Waals surface area (Å²) in [6.45, 7) is 0. The first-order valence-electron chi connectivity index (χ1n) is 11.5. The first-order chi connectivity index (χ1) is 18.0. The van der Waals surface area contributed by atoms with Gasteiger partial charge >= 0.3 is 5.97 Å². The summed E-state index contributed by atoms with van der Waals surface area (Å²) in [5, 5.41) is 3.91. The van der Waals surface area contributed by atoms with E-state index in [0.717, 1.165) is 16.9 Å². The van der Waals surface area contributed by atoms with Gasteiger partial charge in [-0.2, -0.15) is 0 Å². The zero-order chi connectivity index (χ0) is 25.9. The lowest BCUT2D eigenvalue weighted by Crippen LogP contribution is -2.29. The number of benzene rings is 2. The fourth-order valence-electron chi connectivity index (χ4n) is 4.47. The summed E-state index contributed by atoms with van der Waals surface area (Å²) in [7, 11) is 4.58. The van der Waals surface area contributed by atoms with Gasteiger partial charge in [-0.25, -0.2) is 4.79 Å². The first-order valence-corrected chi connectivity index (χ1v) is 12.0. The molecule has 0 saturated carbocycles. The molecular weight excluding hydrogens is 490 g/mol. The van der Waals surface area contributed by atoms with Crippen molar-refractivity contribution in [2.24, 2.45) is 0 Å². The van der Waals surface area contributed by atoms with E-state index in [2.05, 4.69) is 10.3 Å². The number of aromatic nitrogens is 1. The van der Waals surface area contributed by atoms with E-state index < -0.39 is 5.97 Å². The van der Waals surface area contributed by atoms with Crippen LogP contribution in [-0.2, 0) is 4.74 Å². The molecule has 3 heterocycles. The average Bonchev–Trinajstić information content (AvgIpc) is 3.57. The molecule has 9 heteroatoms. The van der Waals surface area contributed by atoms with Crippen LogP contribution in [0, 0.1) is 0 Å². The molecule has 37 heavy (non-hydrogen) atoms. The Morgan fingerprint density at radius 1 is 1.00 bits per heavy atom. The molecular formula is C28H25N3O5S. The van der Waals surface area contributed by atoms with E-state index >= 15 is 0 Å². The number of nitrogens with one attached hydrogen (secondary N) is 1. The van der Waals surface area contributed by atoms with Gasteiger partial charge in [0.05, 0.1) is 44.3 Å². The molecule has 2 aromatic heterocycles. The molecule has 0 spiro atoms. The minimum absolute atomic E-state index is 0.301. The predicted octanol–water partition coefficient (Wildman–Crippen LogP) is 5.32. The van der Waals surface area contributed by atoms with Crippen molar-refractivity contribution in [3.05, 3.63) is 96.0 Å². The third-order valence-corrected chi connectivity index (χ3v) is 6.54. The topological polar surface area (TPSA) is 86.1 Å². The Labute approximate surface area is 219 Å². The minimum atomic E-state index is -0.412. The summed E-state index contributed by atoms with van der Waals surface area (Å²) in [5.41, 5.74) is 2.73. The summed E-state index contributed by atoms with van der Waals surface area (Å²) in [4.78, 5) is 18.6. The Morgan fingerprint density at radius 2 is 1.86 bits per heavy atom. The highest BCUT2D eigenvalue weighted by Gasteiger charge is 2.43. The molecule has 0 bridgehead atoms. The number of carbonyl (C=O) groups is 1. The lowest BCUT2D eigenvalue weighted by Gasteiger charge is -2.27. The summed E-state index contributed by atoms with van der Waals surface area (Å²) in [6, 6.07) is 21.5. The van der Waals surface area contributed by atoms with Gasteiger partial charge in [0.1, 0.15) is 29.1 Å². The summed E-state index contributed by atoms with van der Waals surface area (Å²) in [6.07, 6.45) is 1.75. The van der Waals surface area contributed by atoms with Gasteiger partial charge < -0.3 is 28.8 Å². The summed E-state index contributed by atoms with van der Waals surface area (Å²) in [5.74, 6) is 2.15. The van der Waals surface area contributed by atoms with Crippen LogP contribution in [0.2, 0.25) is 0 Å². The molecule has 1 saturated heterocycles. The number of nitrogens with zero attached hydrogens (tertiary/aromatic N) is 2. The molecule has 0 amide bonds. The fraction of sp³-hybridized carbons (Fsp3) is 0.179. The number of anilines is 1. The van der Waals surface area contributed by atoms with Crippen molar-refractivity contribution in [2.45, 2.75) is 12.1 Å². The highest BCUT2D eigenvalue weighted by molar-refractivity contribution is 7.80. The van der Waals surface area contributed by atoms with Gasteiger partial charge in [0.2, 0.25) is 0 Å². The molecule has 0 radical (unpaired) electrons. The second-order valence-electron chi connectivity index (χ2n) is 8.31. The van der Waals surface area contributed by atoms with E-state index in [4.69, 9.17) is 30.8 Å². The zero-order valence-electron chi connectivity index (χ0n) is 20.5. The maximum Gasteiger partial charge on any atom is 0.337 e. The average molecular weight is 516 g/mol. The van der Waals surface area contributed by atoms with E-state index in [1.807, 2.05) is 59.5 Å². The van der Waals surface area contributed by atoms with Crippen LogP contribution in [0.25, 0.3) is 11.3 Å². The Balaban J connectivity index is 1.62. The van der Waals surface area contributed by atoms with Crippen LogP contribution in [0.5, 0.6) is 11.5 Å². The number of rotatable bonds is 7. The smallest absolute Gasteiger partial charge is 0.337 e. The SMILES string of the molecule is COC(=O)c1cccc(-c2ccc([C@@H]3[C@H](c4ccccn4)NC(=S)N3c3cc(OC)ccc3OC)o2)c1. The van der Waals surface area contributed by atoms with Gasteiger partial charge in [0.25, 0.3) is 0 Å². The minimum Gasteiger partial charge on any atom is -0.497 e. The van der Waals surface area contributed by atoms with E-state index in [1.54, 1.807) is 38.6 Å². The Kier molecular flexibility index (Phi) is 6.78. The van der Waals surface area contributed by atoms with Crippen molar-refractivity contribution < 1.29 is 23.4 Å². The Bertz CT molecular complexity index is 1440. The highest BCUT2D eigenvalue weighted by Crippen LogP contribution is 2.46. The number of esters is 1. The Morgan fingerprint density at radius 3 is 2.59 bits per heavy atom. The maximum absolute atomic E-state index is 12.0. The highest BCUT2D eigenvalue weighted by atomic mass is 32.1. The zero-order valence-corrected chi connectivity index (χ0v) is 21.3. The van der Waals surface area contributed by atoms with Crippen LogP contribution in [-0.4, -0.2) is 37.4 Å².